The molecule has 0 fully saturated rings. The molecular weight excluding hydrogens is 320 g/mol. The molecule has 1 unspecified atom stereocenters. The number of amides is 2. The smallest absolute Gasteiger partial charge is 0.313 e. The molecule has 0 bridgehead atoms. The summed E-state index contributed by atoms with van der Waals surface area (Å²) in [4.78, 5) is 24.0. The number of anilines is 1. The van der Waals surface area contributed by atoms with Crippen LogP contribution in [-0.4, -0.2) is 31.1 Å². The largest absolute Gasteiger partial charge is 0.486 e. The number of fused-ring (bicyclic) bond motifs is 1. The van der Waals surface area contributed by atoms with Gasteiger partial charge in [0, 0.05) is 5.69 Å². The van der Waals surface area contributed by atoms with Gasteiger partial charge in [-0.15, -0.1) is 0 Å². The molecule has 0 aliphatic carbocycles. The van der Waals surface area contributed by atoms with Gasteiger partial charge in [-0.1, -0.05) is 18.2 Å². The second-order valence-corrected chi connectivity index (χ2v) is 5.96. The first-order valence-electron chi connectivity index (χ1n) is 8.08. The summed E-state index contributed by atoms with van der Waals surface area (Å²) in [7, 11) is 0. The first-order chi connectivity index (χ1) is 12.0. The van der Waals surface area contributed by atoms with Crippen LogP contribution in [0.4, 0.5) is 5.69 Å². The highest BCUT2D eigenvalue weighted by molar-refractivity contribution is 6.39. The van der Waals surface area contributed by atoms with Crippen LogP contribution in [0.3, 0.4) is 0 Å². The Morgan fingerprint density at radius 1 is 1.04 bits per heavy atom. The monoisotopic (exact) mass is 340 g/mol. The lowest BCUT2D eigenvalue weighted by molar-refractivity contribution is -0.136. The first kappa shape index (κ1) is 16.8. The maximum atomic E-state index is 12.0. The van der Waals surface area contributed by atoms with E-state index in [1.807, 2.05) is 44.2 Å². The number of aryl methyl sites for hydroxylation is 2. The fraction of sp³-hybridized carbons (Fsp3) is 0.263. The van der Waals surface area contributed by atoms with E-state index in [9.17, 15) is 9.59 Å². The van der Waals surface area contributed by atoms with Crippen LogP contribution in [0.5, 0.6) is 11.5 Å². The van der Waals surface area contributed by atoms with Crippen molar-refractivity contribution < 1.29 is 19.1 Å². The maximum absolute atomic E-state index is 12.0. The Labute approximate surface area is 146 Å². The third-order valence-corrected chi connectivity index (χ3v) is 4.03. The minimum Gasteiger partial charge on any atom is -0.486 e. The Balaban J connectivity index is 1.51. The molecule has 6 nitrogen and oxygen atoms in total. The highest BCUT2D eigenvalue weighted by atomic mass is 16.6. The lowest BCUT2D eigenvalue weighted by Crippen LogP contribution is -2.44. The fourth-order valence-corrected chi connectivity index (χ4v) is 2.46. The summed E-state index contributed by atoms with van der Waals surface area (Å²) in [5.74, 6) is -0.105. The number of benzene rings is 2. The molecule has 0 saturated carbocycles. The van der Waals surface area contributed by atoms with Gasteiger partial charge in [-0.2, -0.15) is 0 Å². The predicted octanol–water partition coefficient (Wildman–Crippen LogP) is 2.20. The molecule has 3 rings (SSSR count). The Morgan fingerprint density at radius 3 is 2.56 bits per heavy atom. The Bertz CT molecular complexity index is 804. The normalized spacial score (nSPS) is 15.4. The number of hydrogen-bond acceptors (Lipinski definition) is 4. The molecule has 2 N–H and O–H groups in total. The van der Waals surface area contributed by atoms with Gasteiger partial charge in [0.2, 0.25) is 0 Å². The third-order valence-electron chi connectivity index (χ3n) is 4.03. The summed E-state index contributed by atoms with van der Waals surface area (Å²) in [5.41, 5.74) is 2.76. The van der Waals surface area contributed by atoms with Crippen molar-refractivity contribution in [2.75, 3.05) is 18.5 Å². The van der Waals surface area contributed by atoms with Gasteiger partial charge < -0.3 is 20.1 Å². The zero-order valence-electron chi connectivity index (χ0n) is 14.2. The molecule has 6 heteroatoms. The first-order valence-corrected chi connectivity index (χ1v) is 8.08. The highest BCUT2D eigenvalue weighted by Crippen LogP contribution is 2.30. The second-order valence-electron chi connectivity index (χ2n) is 5.96. The average molecular weight is 340 g/mol. The van der Waals surface area contributed by atoms with Crippen molar-refractivity contribution in [1.29, 1.82) is 0 Å². The number of carbonyl (C=O) groups excluding carboxylic acids is 2. The molecule has 2 aromatic rings. The minimum absolute atomic E-state index is 0.188. The van der Waals surface area contributed by atoms with Crippen LogP contribution < -0.4 is 20.1 Å². The van der Waals surface area contributed by atoms with E-state index in [-0.39, 0.29) is 12.6 Å². The molecule has 0 aromatic heterocycles. The Morgan fingerprint density at radius 2 is 1.80 bits per heavy atom. The number of hydrogen-bond donors (Lipinski definition) is 2. The molecule has 1 heterocycles. The summed E-state index contributed by atoms with van der Waals surface area (Å²) < 4.78 is 11.3. The molecule has 1 aliphatic heterocycles. The minimum atomic E-state index is -0.708. The summed E-state index contributed by atoms with van der Waals surface area (Å²) in [5, 5.41) is 5.16. The van der Waals surface area contributed by atoms with Crippen LogP contribution in [0.2, 0.25) is 0 Å². The molecule has 130 valence electrons. The SMILES string of the molecule is Cc1ccc(NC(=O)C(=O)NCC2COc3ccccc3O2)cc1C. The summed E-state index contributed by atoms with van der Waals surface area (Å²) in [6.45, 7) is 4.44. The zero-order chi connectivity index (χ0) is 17.8. The predicted molar refractivity (Wildman–Crippen MR) is 93.9 cm³/mol. The topological polar surface area (TPSA) is 76.7 Å². The molecule has 1 aliphatic rings. The molecule has 1 atom stereocenters. The second kappa shape index (κ2) is 7.25. The Hall–Kier alpha value is -3.02. The van der Waals surface area contributed by atoms with E-state index >= 15 is 0 Å². The number of rotatable bonds is 3. The van der Waals surface area contributed by atoms with Crippen molar-refractivity contribution in [2.24, 2.45) is 0 Å². The number of para-hydroxylation sites is 2. The van der Waals surface area contributed by atoms with Crippen molar-refractivity contribution in [2.45, 2.75) is 20.0 Å². The molecule has 0 saturated heterocycles. The molecule has 2 aromatic carbocycles. The van der Waals surface area contributed by atoms with Gasteiger partial charge >= 0.3 is 11.8 Å². The highest BCUT2D eigenvalue weighted by Gasteiger charge is 2.22. The molecular formula is C19H20N2O4. The summed E-state index contributed by atoms with van der Waals surface area (Å²) >= 11 is 0. The van der Waals surface area contributed by atoms with Crippen LogP contribution in [-0.2, 0) is 9.59 Å². The molecule has 25 heavy (non-hydrogen) atoms. The third kappa shape index (κ3) is 4.09. The van der Waals surface area contributed by atoms with Gasteiger partial charge in [0.05, 0.1) is 6.54 Å². The van der Waals surface area contributed by atoms with Crippen LogP contribution in [0, 0.1) is 13.8 Å². The van der Waals surface area contributed by atoms with E-state index in [1.54, 1.807) is 12.1 Å². The quantitative estimate of drug-likeness (QED) is 0.840. The van der Waals surface area contributed by atoms with E-state index in [0.29, 0.717) is 23.8 Å². The van der Waals surface area contributed by atoms with Crippen molar-refractivity contribution in [3.8, 4) is 11.5 Å². The van der Waals surface area contributed by atoms with Gasteiger partial charge in [0.1, 0.15) is 12.7 Å². The standard InChI is InChI=1S/C19H20N2O4/c1-12-7-8-14(9-13(12)2)21-19(23)18(22)20-10-15-11-24-16-5-3-4-6-17(16)25-15/h3-9,15H,10-11H2,1-2H3,(H,20,22)(H,21,23). The van der Waals surface area contributed by atoms with Crippen molar-refractivity contribution >= 4 is 17.5 Å². The van der Waals surface area contributed by atoms with Gasteiger partial charge in [0.25, 0.3) is 0 Å². The molecule has 0 spiro atoms. The van der Waals surface area contributed by atoms with E-state index in [0.717, 1.165) is 11.1 Å². The van der Waals surface area contributed by atoms with Gasteiger partial charge in [-0.3, -0.25) is 9.59 Å². The van der Waals surface area contributed by atoms with Crippen LogP contribution >= 0.6 is 0 Å². The van der Waals surface area contributed by atoms with Crippen LogP contribution in [0.25, 0.3) is 0 Å². The van der Waals surface area contributed by atoms with Gasteiger partial charge in [0.15, 0.2) is 11.5 Å². The average Bonchev–Trinajstić information content (AvgIpc) is 2.62. The van der Waals surface area contributed by atoms with Gasteiger partial charge in [-0.25, -0.2) is 0 Å². The maximum Gasteiger partial charge on any atom is 0.313 e. The molecule has 2 amide bonds. The van der Waals surface area contributed by atoms with Gasteiger partial charge in [-0.05, 0) is 49.2 Å². The van der Waals surface area contributed by atoms with Crippen LogP contribution in [0.1, 0.15) is 11.1 Å². The lowest BCUT2D eigenvalue weighted by atomic mass is 10.1. The fourth-order valence-electron chi connectivity index (χ4n) is 2.46. The van der Waals surface area contributed by atoms with Crippen LogP contribution in [0.15, 0.2) is 42.5 Å². The Kier molecular flexibility index (Phi) is 4.88. The van der Waals surface area contributed by atoms with E-state index in [4.69, 9.17) is 9.47 Å². The van der Waals surface area contributed by atoms with Crippen molar-refractivity contribution in [3.05, 3.63) is 53.6 Å². The summed E-state index contributed by atoms with van der Waals surface area (Å²) in [6.07, 6.45) is -0.340. The van der Waals surface area contributed by atoms with Crippen molar-refractivity contribution in [1.82, 2.24) is 5.32 Å². The molecule has 0 radical (unpaired) electrons. The summed E-state index contributed by atoms with van der Waals surface area (Å²) in [6, 6.07) is 12.8. The number of ether oxygens (including phenoxy) is 2. The number of nitrogens with one attached hydrogen (secondary N) is 2. The van der Waals surface area contributed by atoms with E-state index in [2.05, 4.69) is 10.6 Å². The van der Waals surface area contributed by atoms with Crippen molar-refractivity contribution in [3.63, 3.8) is 0 Å². The van der Waals surface area contributed by atoms with E-state index in [1.165, 1.54) is 0 Å². The zero-order valence-corrected chi connectivity index (χ0v) is 14.2. The lowest BCUT2D eigenvalue weighted by Gasteiger charge is -2.26. The number of carbonyl (C=O) groups is 2. The van der Waals surface area contributed by atoms with E-state index < -0.39 is 11.8 Å².